The third-order valence-electron chi connectivity index (χ3n) is 1.43. The Morgan fingerprint density at radius 3 is 3.00 bits per heavy atom. The Kier molecular flexibility index (Phi) is 3.06. The van der Waals surface area contributed by atoms with Crippen LogP contribution < -0.4 is 0 Å². The van der Waals surface area contributed by atoms with E-state index in [1.54, 1.807) is 0 Å². The lowest BCUT2D eigenvalue weighted by atomic mass is 10.4. The monoisotopic (exact) mass is 164 g/mol. The van der Waals surface area contributed by atoms with E-state index in [2.05, 4.69) is 6.92 Å². The summed E-state index contributed by atoms with van der Waals surface area (Å²) in [4.78, 5) is 0. The van der Waals surface area contributed by atoms with Crippen molar-refractivity contribution in [2.45, 2.75) is 24.3 Å². The lowest BCUT2D eigenvalue weighted by Crippen LogP contribution is -2.03. The van der Waals surface area contributed by atoms with Crippen molar-refractivity contribution >= 4 is 22.6 Å². The summed E-state index contributed by atoms with van der Waals surface area (Å²) in [5.74, 6) is 2.05. The normalized spacial score (nSPS) is 35.2. The van der Waals surface area contributed by atoms with Crippen molar-refractivity contribution in [2.24, 2.45) is 0 Å². The predicted octanol–water partition coefficient (Wildman–Crippen LogP) is 1.61. The highest BCUT2D eigenvalue weighted by Gasteiger charge is 2.21. The highest BCUT2D eigenvalue weighted by Crippen LogP contribution is 2.25. The van der Waals surface area contributed by atoms with Crippen LogP contribution in [0.15, 0.2) is 0 Å². The molecule has 0 amide bonds. The number of thioether (sulfide) groups is 1. The summed E-state index contributed by atoms with van der Waals surface area (Å²) in [6.45, 7) is 2.13. The number of rotatable bonds is 2. The minimum Gasteiger partial charge on any atom is -0.258 e. The van der Waals surface area contributed by atoms with Gasteiger partial charge in [0.1, 0.15) is 0 Å². The van der Waals surface area contributed by atoms with E-state index < -0.39 is 10.8 Å². The highest BCUT2D eigenvalue weighted by molar-refractivity contribution is 8.11. The fourth-order valence-electron chi connectivity index (χ4n) is 1.00. The summed E-state index contributed by atoms with van der Waals surface area (Å²) in [6, 6.07) is 0. The van der Waals surface area contributed by atoms with Gasteiger partial charge in [0.25, 0.3) is 0 Å². The average Bonchev–Trinajstić information content (AvgIpc) is 2.18. The topological polar surface area (TPSA) is 17.1 Å². The third-order valence-corrected chi connectivity index (χ3v) is 4.94. The summed E-state index contributed by atoms with van der Waals surface area (Å²) < 4.78 is 11.5. The van der Waals surface area contributed by atoms with Crippen LogP contribution in [0.5, 0.6) is 0 Å². The lowest BCUT2D eigenvalue weighted by molar-refractivity contribution is 0.686. The second kappa shape index (κ2) is 3.62. The molecular formula is C6H12OS2. The van der Waals surface area contributed by atoms with Crippen molar-refractivity contribution in [1.29, 1.82) is 0 Å². The van der Waals surface area contributed by atoms with Crippen LogP contribution >= 0.6 is 11.8 Å². The smallest absolute Gasteiger partial charge is 0.0801 e. The summed E-state index contributed by atoms with van der Waals surface area (Å²) in [7, 11) is -0.498. The van der Waals surface area contributed by atoms with E-state index in [4.69, 9.17) is 0 Å². The molecule has 0 bridgehead atoms. The Balaban J connectivity index is 2.31. The van der Waals surface area contributed by atoms with Crippen molar-refractivity contribution in [2.75, 3.05) is 11.5 Å². The van der Waals surface area contributed by atoms with Gasteiger partial charge >= 0.3 is 0 Å². The van der Waals surface area contributed by atoms with Crippen molar-refractivity contribution in [3.63, 3.8) is 0 Å². The molecule has 0 saturated carbocycles. The first kappa shape index (κ1) is 7.61. The molecule has 1 aliphatic rings. The third kappa shape index (κ3) is 1.97. The summed E-state index contributed by atoms with van der Waals surface area (Å²) in [5, 5.41) is 0. The molecule has 2 atom stereocenters. The van der Waals surface area contributed by atoms with Gasteiger partial charge in [-0.25, -0.2) is 0 Å². The molecule has 1 unspecified atom stereocenters. The zero-order valence-corrected chi connectivity index (χ0v) is 7.26. The first-order chi connectivity index (χ1) is 4.34. The van der Waals surface area contributed by atoms with Crippen molar-refractivity contribution < 1.29 is 4.21 Å². The van der Waals surface area contributed by atoms with Gasteiger partial charge in [-0.3, -0.25) is 4.21 Å². The van der Waals surface area contributed by atoms with E-state index in [1.165, 1.54) is 12.8 Å². The summed E-state index contributed by atoms with van der Waals surface area (Å²) >= 11 is 1.85. The van der Waals surface area contributed by atoms with Gasteiger partial charge in [0.05, 0.1) is 4.58 Å². The van der Waals surface area contributed by atoms with Gasteiger partial charge in [-0.2, -0.15) is 0 Å². The van der Waals surface area contributed by atoms with Crippen LogP contribution in [0, 0.1) is 0 Å². The zero-order chi connectivity index (χ0) is 6.69. The molecule has 1 nitrogen and oxygen atoms in total. The van der Waals surface area contributed by atoms with Gasteiger partial charge < -0.3 is 0 Å². The van der Waals surface area contributed by atoms with Gasteiger partial charge in [-0.15, -0.1) is 11.8 Å². The molecule has 0 aromatic carbocycles. The standard InChI is InChI=1S/C6H12OS2/c1-2-8-6-4-3-5-9(6)7/h6H,2-5H2,1H3/t6-,9?/m1/s1. The van der Waals surface area contributed by atoms with Crippen LogP contribution in [-0.4, -0.2) is 20.3 Å². The van der Waals surface area contributed by atoms with Crippen molar-refractivity contribution in [3.05, 3.63) is 0 Å². The van der Waals surface area contributed by atoms with Gasteiger partial charge in [0.15, 0.2) is 0 Å². The molecule has 1 heterocycles. The van der Waals surface area contributed by atoms with E-state index in [-0.39, 0.29) is 0 Å². The quantitative estimate of drug-likeness (QED) is 0.617. The van der Waals surface area contributed by atoms with Crippen LogP contribution in [0.3, 0.4) is 0 Å². The molecule has 1 saturated heterocycles. The first-order valence-electron chi connectivity index (χ1n) is 3.33. The van der Waals surface area contributed by atoms with Crippen LogP contribution in [0.2, 0.25) is 0 Å². The molecule has 1 rings (SSSR count). The van der Waals surface area contributed by atoms with E-state index >= 15 is 0 Å². The Morgan fingerprint density at radius 2 is 2.56 bits per heavy atom. The van der Waals surface area contributed by atoms with Crippen molar-refractivity contribution in [1.82, 2.24) is 0 Å². The van der Waals surface area contributed by atoms with Crippen LogP contribution in [-0.2, 0) is 10.8 Å². The van der Waals surface area contributed by atoms with Gasteiger partial charge in [0.2, 0.25) is 0 Å². The highest BCUT2D eigenvalue weighted by atomic mass is 32.2. The van der Waals surface area contributed by atoms with E-state index in [1.807, 2.05) is 11.8 Å². The number of hydrogen-bond acceptors (Lipinski definition) is 2. The second-order valence-electron chi connectivity index (χ2n) is 2.11. The Morgan fingerprint density at radius 1 is 1.78 bits per heavy atom. The lowest BCUT2D eigenvalue weighted by Gasteiger charge is -2.03. The maximum Gasteiger partial charge on any atom is 0.0801 e. The molecule has 3 heteroatoms. The Hall–Kier alpha value is 0.500. The fourth-order valence-corrected chi connectivity index (χ4v) is 4.15. The van der Waals surface area contributed by atoms with E-state index in [0.717, 1.165) is 11.5 Å². The minimum absolute atomic E-state index is 0.468. The van der Waals surface area contributed by atoms with Crippen molar-refractivity contribution in [3.8, 4) is 0 Å². The fraction of sp³-hybridized carbons (Fsp3) is 1.00. The number of hydrogen-bond donors (Lipinski definition) is 0. The molecule has 9 heavy (non-hydrogen) atoms. The SMILES string of the molecule is CCS[C@H]1CCCS1=O. The molecule has 1 aliphatic heterocycles. The molecule has 0 aromatic heterocycles. The minimum atomic E-state index is -0.498. The second-order valence-corrected chi connectivity index (χ2v) is 5.63. The van der Waals surface area contributed by atoms with Crippen LogP contribution in [0.4, 0.5) is 0 Å². The molecule has 0 aromatic rings. The molecule has 0 aliphatic carbocycles. The van der Waals surface area contributed by atoms with Gasteiger partial charge in [-0.1, -0.05) is 6.92 Å². The van der Waals surface area contributed by atoms with Gasteiger partial charge in [-0.05, 0) is 18.6 Å². The molecule has 0 radical (unpaired) electrons. The maximum atomic E-state index is 11.1. The molecule has 0 N–H and O–H groups in total. The van der Waals surface area contributed by atoms with Gasteiger partial charge in [0, 0.05) is 16.6 Å². The molecule has 54 valence electrons. The molecular weight excluding hydrogens is 152 g/mol. The largest absolute Gasteiger partial charge is 0.258 e. The molecule has 1 fully saturated rings. The zero-order valence-electron chi connectivity index (χ0n) is 5.63. The first-order valence-corrected chi connectivity index (χ1v) is 5.76. The summed E-state index contributed by atoms with van der Waals surface area (Å²) in [6.07, 6.45) is 2.34. The van der Waals surface area contributed by atoms with Crippen LogP contribution in [0.25, 0.3) is 0 Å². The predicted molar refractivity (Wildman–Crippen MR) is 44.2 cm³/mol. The maximum absolute atomic E-state index is 11.1. The van der Waals surface area contributed by atoms with E-state index in [0.29, 0.717) is 4.58 Å². The molecule has 0 spiro atoms. The average molecular weight is 164 g/mol. The Bertz CT molecular complexity index is 114. The summed E-state index contributed by atoms with van der Waals surface area (Å²) in [5.41, 5.74) is 0. The van der Waals surface area contributed by atoms with Crippen LogP contribution in [0.1, 0.15) is 19.8 Å². The van der Waals surface area contributed by atoms with E-state index in [9.17, 15) is 4.21 Å². The Labute approximate surface area is 63.1 Å².